The third kappa shape index (κ3) is 9.93. The fourth-order valence-corrected chi connectivity index (χ4v) is 4.79. The van der Waals surface area contributed by atoms with Gasteiger partial charge in [0, 0.05) is 4.92 Å². The molecule has 1 aliphatic heterocycles. The molecule has 4 rings (SSSR count). The zero-order valence-corrected chi connectivity index (χ0v) is 25.6. The number of benzene rings is 3. The molecular formula is C34H41NO9. The van der Waals surface area contributed by atoms with Crippen LogP contribution in [0.2, 0.25) is 0 Å². The van der Waals surface area contributed by atoms with Gasteiger partial charge in [-0.3, -0.25) is 10.1 Å². The quantitative estimate of drug-likeness (QED) is 0.133. The normalized spacial score (nSPS) is 22.7. The lowest BCUT2D eigenvalue weighted by atomic mass is 9.96. The van der Waals surface area contributed by atoms with Crippen molar-refractivity contribution in [3.8, 4) is 0 Å². The number of hydrogen-bond donors (Lipinski definition) is 0. The average Bonchev–Trinajstić information content (AvgIpc) is 3.00. The number of ether oxygens (including phenoxy) is 6. The molecule has 0 radical (unpaired) electrons. The third-order valence-corrected chi connectivity index (χ3v) is 6.90. The highest BCUT2D eigenvalue weighted by Gasteiger charge is 2.55. The molecule has 0 spiro atoms. The average molecular weight is 608 g/mol. The van der Waals surface area contributed by atoms with Gasteiger partial charge in [0.1, 0.15) is 17.8 Å². The number of hydrogen-bond acceptors (Lipinski definition) is 9. The molecule has 3 aromatic carbocycles. The van der Waals surface area contributed by atoms with Crippen molar-refractivity contribution in [2.45, 2.75) is 89.9 Å². The monoisotopic (exact) mass is 607 g/mol. The summed E-state index contributed by atoms with van der Waals surface area (Å²) in [5.41, 5.74) is 1.90. The minimum atomic E-state index is -1.52. The predicted octanol–water partition coefficient (Wildman–Crippen LogP) is 5.49. The number of rotatable bonds is 14. The lowest BCUT2D eigenvalue weighted by Crippen LogP contribution is -2.64. The van der Waals surface area contributed by atoms with Gasteiger partial charge < -0.3 is 28.4 Å². The predicted molar refractivity (Wildman–Crippen MR) is 162 cm³/mol. The molecule has 1 heterocycles. The fourth-order valence-electron chi connectivity index (χ4n) is 4.79. The van der Waals surface area contributed by atoms with Gasteiger partial charge in [-0.15, -0.1) is 0 Å². The van der Waals surface area contributed by atoms with E-state index in [0.717, 1.165) is 16.7 Å². The molecule has 236 valence electrons. The highest BCUT2D eigenvalue weighted by atomic mass is 16.7. The highest BCUT2D eigenvalue weighted by molar-refractivity contribution is 5.74. The van der Waals surface area contributed by atoms with Crippen LogP contribution in [0.25, 0.3) is 0 Å². The molecule has 0 aliphatic carbocycles. The number of carbonyl (C=O) groups is 1. The first-order valence-corrected chi connectivity index (χ1v) is 14.7. The Morgan fingerprint density at radius 1 is 0.818 bits per heavy atom. The molecule has 10 nitrogen and oxygen atoms in total. The molecule has 3 aromatic rings. The summed E-state index contributed by atoms with van der Waals surface area (Å²) >= 11 is 0. The highest BCUT2D eigenvalue weighted by Crippen LogP contribution is 2.31. The van der Waals surface area contributed by atoms with Crippen LogP contribution in [0.3, 0.4) is 0 Å². The number of esters is 1. The van der Waals surface area contributed by atoms with E-state index < -0.39 is 53.2 Å². The lowest BCUT2D eigenvalue weighted by molar-refractivity contribution is -0.577. The molecule has 1 saturated heterocycles. The van der Waals surface area contributed by atoms with Crippen molar-refractivity contribution < 1.29 is 38.1 Å². The standard InChI is InChI=1S/C34H41NO9/c1-24(32(36)44-34(2,3)4)42-33-29(35(37)38)31(41-22-27-18-12-7-13-19-27)30(40-21-26-16-10-6-11-17-26)28(43-33)23-39-20-25-14-8-5-9-15-25/h5-19,24,28-31,33H,20-23H2,1-4H3/t24-,28+,29+,30+,31+,33-/m0/s1. The van der Waals surface area contributed by atoms with E-state index >= 15 is 0 Å². The first-order valence-electron chi connectivity index (χ1n) is 14.7. The maximum atomic E-state index is 12.8. The summed E-state index contributed by atoms with van der Waals surface area (Å²) in [6.07, 6.45) is -5.43. The number of nitro groups is 1. The van der Waals surface area contributed by atoms with Gasteiger partial charge in [-0.05, 0) is 44.4 Å². The topological polar surface area (TPSA) is 116 Å². The summed E-state index contributed by atoms with van der Waals surface area (Å²) < 4.78 is 36.3. The van der Waals surface area contributed by atoms with Crippen molar-refractivity contribution in [1.82, 2.24) is 0 Å². The molecule has 6 atom stereocenters. The van der Waals surface area contributed by atoms with Crippen molar-refractivity contribution in [3.63, 3.8) is 0 Å². The second-order valence-corrected chi connectivity index (χ2v) is 11.7. The minimum Gasteiger partial charge on any atom is -0.458 e. The molecule has 44 heavy (non-hydrogen) atoms. The third-order valence-electron chi connectivity index (χ3n) is 6.90. The molecule has 0 amide bonds. The van der Waals surface area contributed by atoms with Gasteiger partial charge in [-0.1, -0.05) is 91.0 Å². The molecule has 0 saturated carbocycles. The van der Waals surface area contributed by atoms with Gasteiger partial charge in [0.05, 0.1) is 26.4 Å². The van der Waals surface area contributed by atoms with Gasteiger partial charge in [0.15, 0.2) is 12.2 Å². The van der Waals surface area contributed by atoms with Crippen LogP contribution in [-0.4, -0.2) is 59.8 Å². The summed E-state index contributed by atoms with van der Waals surface area (Å²) in [6.45, 7) is 7.26. The van der Waals surface area contributed by atoms with E-state index in [9.17, 15) is 14.9 Å². The first-order chi connectivity index (χ1) is 21.1. The van der Waals surface area contributed by atoms with Crippen LogP contribution in [0.4, 0.5) is 0 Å². The summed E-state index contributed by atoms with van der Waals surface area (Å²) in [6, 6.07) is 27.0. The van der Waals surface area contributed by atoms with Crippen molar-refractivity contribution in [3.05, 3.63) is 118 Å². The number of carbonyl (C=O) groups excluding carboxylic acids is 1. The van der Waals surface area contributed by atoms with Crippen LogP contribution in [0, 0.1) is 10.1 Å². The molecular weight excluding hydrogens is 566 g/mol. The van der Waals surface area contributed by atoms with Crippen molar-refractivity contribution >= 4 is 5.97 Å². The maximum Gasteiger partial charge on any atom is 0.335 e. The second-order valence-electron chi connectivity index (χ2n) is 11.7. The first kappa shape index (κ1) is 33.2. The van der Waals surface area contributed by atoms with E-state index in [1.54, 1.807) is 20.8 Å². The molecule has 0 N–H and O–H groups in total. The largest absolute Gasteiger partial charge is 0.458 e. The zero-order chi connectivity index (χ0) is 31.5. The molecule has 0 bridgehead atoms. The zero-order valence-electron chi connectivity index (χ0n) is 25.6. The lowest BCUT2D eigenvalue weighted by Gasteiger charge is -2.42. The summed E-state index contributed by atoms with van der Waals surface area (Å²) in [5, 5.41) is 12.7. The SMILES string of the molecule is C[C@H](O[C@H]1O[C@H](COCc2ccccc2)[C@@H](OCc2ccccc2)[C@H](OCc2ccccc2)[C@H]1[N+](=O)[O-])C(=O)OC(C)(C)C. The molecule has 10 heteroatoms. The Labute approximate surface area is 258 Å². The Morgan fingerprint density at radius 3 is 1.77 bits per heavy atom. The molecule has 1 fully saturated rings. The molecule has 0 aromatic heterocycles. The maximum absolute atomic E-state index is 12.8. The Hall–Kier alpha value is -3.67. The Morgan fingerprint density at radius 2 is 1.30 bits per heavy atom. The van der Waals surface area contributed by atoms with Crippen molar-refractivity contribution in [2.24, 2.45) is 0 Å². The van der Waals surface area contributed by atoms with Gasteiger partial charge in [-0.2, -0.15) is 0 Å². The molecule has 0 unspecified atom stereocenters. The Kier molecular flexibility index (Phi) is 12.0. The summed E-state index contributed by atoms with van der Waals surface area (Å²) in [5.74, 6) is -0.663. The van der Waals surface area contributed by atoms with Gasteiger partial charge >= 0.3 is 5.97 Å². The van der Waals surface area contributed by atoms with Gasteiger partial charge in [0.2, 0.25) is 6.29 Å². The van der Waals surface area contributed by atoms with E-state index in [4.69, 9.17) is 28.4 Å². The van der Waals surface area contributed by atoms with E-state index in [-0.39, 0.29) is 19.8 Å². The van der Waals surface area contributed by atoms with Crippen molar-refractivity contribution in [1.29, 1.82) is 0 Å². The smallest absolute Gasteiger partial charge is 0.335 e. The van der Waals surface area contributed by atoms with Crippen LogP contribution in [0.1, 0.15) is 44.4 Å². The molecule has 1 aliphatic rings. The van der Waals surface area contributed by atoms with Gasteiger partial charge in [0.25, 0.3) is 6.04 Å². The van der Waals surface area contributed by atoms with Gasteiger partial charge in [-0.25, -0.2) is 4.79 Å². The summed E-state index contributed by atoms with van der Waals surface area (Å²) in [7, 11) is 0. The fraction of sp³-hybridized carbons (Fsp3) is 0.441. The van der Waals surface area contributed by atoms with Crippen molar-refractivity contribution in [2.75, 3.05) is 6.61 Å². The van der Waals surface area contributed by atoms with E-state index in [0.29, 0.717) is 6.61 Å². The van der Waals surface area contributed by atoms with Crippen LogP contribution in [0.15, 0.2) is 91.0 Å². The van der Waals surface area contributed by atoms with Crippen LogP contribution >= 0.6 is 0 Å². The van der Waals surface area contributed by atoms with E-state index in [2.05, 4.69) is 0 Å². The van der Waals surface area contributed by atoms with Crippen LogP contribution in [-0.2, 0) is 53.0 Å². The Balaban J connectivity index is 1.62. The van der Waals surface area contributed by atoms with E-state index in [1.165, 1.54) is 6.92 Å². The minimum absolute atomic E-state index is 0.0324. The summed E-state index contributed by atoms with van der Waals surface area (Å²) in [4.78, 5) is 24.9. The van der Waals surface area contributed by atoms with Crippen LogP contribution < -0.4 is 0 Å². The van der Waals surface area contributed by atoms with Crippen LogP contribution in [0.5, 0.6) is 0 Å². The Bertz CT molecular complexity index is 1300. The second kappa shape index (κ2) is 15.9. The van der Waals surface area contributed by atoms with E-state index in [1.807, 2.05) is 91.0 Å². The number of nitrogens with zero attached hydrogens (tertiary/aromatic N) is 1.